The van der Waals surface area contributed by atoms with Crippen LogP contribution in [0.15, 0.2) is 39.5 Å². The van der Waals surface area contributed by atoms with Gasteiger partial charge in [-0.3, -0.25) is 4.79 Å². The van der Waals surface area contributed by atoms with Crippen LogP contribution in [0.3, 0.4) is 0 Å². The molecule has 1 aromatic heterocycles. The van der Waals surface area contributed by atoms with Crippen molar-refractivity contribution in [2.24, 2.45) is 0 Å². The Balaban J connectivity index is 2.39. The van der Waals surface area contributed by atoms with Gasteiger partial charge in [-0.1, -0.05) is 0 Å². The number of fused-ring (bicyclic) bond motifs is 2. The standard InChI is InChI=1S/C20H20O6/c1-10(2)25-17-9-13(11(3)24-4)8-15-18(21)14-7-12(20(22)23)5-6-16(14)26-19(15)17/h5-11H,1-4H3,(H,22,23). The zero-order valence-electron chi connectivity index (χ0n) is 15.0. The smallest absolute Gasteiger partial charge is 0.335 e. The number of hydrogen-bond donors (Lipinski definition) is 1. The van der Waals surface area contributed by atoms with Crippen molar-refractivity contribution in [1.82, 2.24) is 0 Å². The van der Waals surface area contributed by atoms with Crippen LogP contribution in [0.1, 0.15) is 42.8 Å². The lowest BCUT2D eigenvalue weighted by Crippen LogP contribution is -2.10. The minimum Gasteiger partial charge on any atom is -0.487 e. The van der Waals surface area contributed by atoms with E-state index in [-0.39, 0.29) is 28.6 Å². The molecule has 136 valence electrons. The van der Waals surface area contributed by atoms with Crippen molar-refractivity contribution in [3.8, 4) is 5.75 Å². The number of hydrogen-bond acceptors (Lipinski definition) is 5. The van der Waals surface area contributed by atoms with Gasteiger partial charge >= 0.3 is 5.97 Å². The molecule has 0 radical (unpaired) electrons. The van der Waals surface area contributed by atoms with Gasteiger partial charge in [0.25, 0.3) is 0 Å². The quantitative estimate of drug-likeness (QED) is 0.692. The Hall–Kier alpha value is -2.86. The van der Waals surface area contributed by atoms with Crippen molar-refractivity contribution in [1.29, 1.82) is 0 Å². The third-order valence-corrected chi connectivity index (χ3v) is 4.19. The van der Waals surface area contributed by atoms with Gasteiger partial charge in [0, 0.05) is 7.11 Å². The van der Waals surface area contributed by atoms with Crippen LogP contribution in [0.2, 0.25) is 0 Å². The first-order valence-electron chi connectivity index (χ1n) is 8.29. The Morgan fingerprint density at radius 2 is 1.85 bits per heavy atom. The van der Waals surface area contributed by atoms with Crippen molar-refractivity contribution in [2.75, 3.05) is 7.11 Å². The van der Waals surface area contributed by atoms with Crippen molar-refractivity contribution >= 4 is 27.9 Å². The van der Waals surface area contributed by atoms with E-state index in [4.69, 9.17) is 13.9 Å². The average molecular weight is 356 g/mol. The van der Waals surface area contributed by atoms with Crippen molar-refractivity contribution in [3.63, 3.8) is 0 Å². The Kier molecular flexibility index (Phi) is 4.70. The SMILES string of the molecule is COC(C)c1cc(OC(C)C)c2oc3ccc(C(=O)O)cc3c(=O)c2c1. The molecule has 26 heavy (non-hydrogen) atoms. The summed E-state index contributed by atoms with van der Waals surface area (Å²) in [6.45, 7) is 5.64. The first kappa shape index (κ1) is 17.9. The van der Waals surface area contributed by atoms with E-state index in [9.17, 15) is 14.7 Å². The van der Waals surface area contributed by atoms with Gasteiger partial charge in [0.05, 0.1) is 28.5 Å². The topological polar surface area (TPSA) is 86.0 Å². The fourth-order valence-corrected chi connectivity index (χ4v) is 2.79. The number of carbonyl (C=O) groups is 1. The Labute approximate surface area is 149 Å². The summed E-state index contributed by atoms with van der Waals surface area (Å²) in [5, 5.41) is 9.72. The lowest BCUT2D eigenvalue weighted by molar-refractivity contribution is 0.0697. The second kappa shape index (κ2) is 6.80. The molecular weight excluding hydrogens is 336 g/mol. The van der Waals surface area contributed by atoms with E-state index in [1.54, 1.807) is 19.2 Å². The molecule has 0 spiro atoms. The maximum Gasteiger partial charge on any atom is 0.335 e. The molecule has 3 aromatic rings. The van der Waals surface area contributed by atoms with Gasteiger partial charge in [0.1, 0.15) is 5.58 Å². The van der Waals surface area contributed by atoms with E-state index in [1.165, 1.54) is 18.2 Å². The van der Waals surface area contributed by atoms with Gasteiger partial charge < -0.3 is 19.0 Å². The molecule has 0 aliphatic carbocycles. The highest BCUT2D eigenvalue weighted by Crippen LogP contribution is 2.32. The molecule has 3 rings (SSSR count). The molecule has 6 heteroatoms. The zero-order valence-corrected chi connectivity index (χ0v) is 15.0. The number of aromatic carboxylic acids is 1. The number of ether oxygens (including phenoxy) is 2. The van der Waals surface area contributed by atoms with Crippen LogP contribution in [0.25, 0.3) is 21.9 Å². The second-order valence-corrected chi connectivity index (χ2v) is 6.39. The first-order chi connectivity index (χ1) is 12.3. The number of benzene rings is 2. The van der Waals surface area contributed by atoms with Crippen LogP contribution in [-0.2, 0) is 4.74 Å². The minimum atomic E-state index is -1.10. The van der Waals surface area contributed by atoms with Crippen molar-refractivity contribution in [3.05, 3.63) is 51.7 Å². The largest absolute Gasteiger partial charge is 0.487 e. The highest BCUT2D eigenvalue weighted by molar-refractivity contribution is 5.97. The Morgan fingerprint density at radius 3 is 2.46 bits per heavy atom. The van der Waals surface area contributed by atoms with Crippen LogP contribution in [0.5, 0.6) is 5.75 Å². The fraction of sp³-hybridized carbons (Fsp3) is 0.300. The average Bonchev–Trinajstić information content (AvgIpc) is 2.60. The molecule has 0 amide bonds. The minimum absolute atomic E-state index is 0.0317. The molecule has 0 aliphatic heterocycles. The predicted octanol–water partition coefficient (Wildman–Crippen LogP) is 4.14. The molecule has 1 heterocycles. The van der Waals surface area contributed by atoms with E-state index in [2.05, 4.69) is 0 Å². The summed E-state index contributed by atoms with van der Waals surface area (Å²) in [6.07, 6.45) is -0.351. The molecule has 0 saturated heterocycles. The van der Waals surface area contributed by atoms with Gasteiger partial charge in [-0.05, 0) is 56.7 Å². The van der Waals surface area contributed by atoms with Crippen LogP contribution in [-0.4, -0.2) is 24.3 Å². The van der Waals surface area contributed by atoms with E-state index in [0.29, 0.717) is 22.3 Å². The highest BCUT2D eigenvalue weighted by atomic mass is 16.5. The van der Waals surface area contributed by atoms with Gasteiger partial charge in [0.2, 0.25) is 5.43 Å². The maximum atomic E-state index is 13.0. The molecule has 1 N–H and O–H groups in total. The monoisotopic (exact) mass is 356 g/mol. The predicted molar refractivity (Wildman–Crippen MR) is 98.1 cm³/mol. The molecule has 0 saturated carbocycles. The molecule has 0 bridgehead atoms. The first-order valence-corrected chi connectivity index (χ1v) is 8.29. The van der Waals surface area contributed by atoms with E-state index >= 15 is 0 Å². The second-order valence-electron chi connectivity index (χ2n) is 6.39. The summed E-state index contributed by atoms with van der Waals surface area (Å²) < 4.78 is 17.1. The summed E-state index contributed by atoms with van der Waals surface area (Å²) in [5.41, 5.74) is 1.16. The van der Waals surface area contributed by atoms with Crippen molar-refractivity contribution < 1.29 is 23.8 Å². The van der Waals surface area contributed by atoms with Gasteiger partial charge in [0.15, 0.2) is 11.3 Å². The third kappa shape index (κ3) is 3.15. The lowest BCUT2D eigenvalue weighted by atomic mass is 10.0. The van der Waals surface area contributed by atoms with Gasteiger partial charge in [-0.25, -0.2) is 4.79 Å². The number of rotatable bonds is 5. The summed E-state index contributed by atoms with van der Waals surface area (Å²) >= 11 is 0. The number of carboxylic acid groups (broad SMARTS) is 1. The zero-order chi connectivity index (χ0) is 19.0. The molecule has 0 fully saturated rings. The Bertz CT molecular complexity index is 1050. The third-order valence-electron chi connectivity index (χ3n) is 4.19. The number of carboxylic acids is 1. The molecular formula is C20H20O6. The number of methoxy groups -OCH3 is 1. The van der Waals surface area contributed by atoms with Crippen molar-refractivity contribution in [2.45, 2.75) is 33.0 Å². The fourth-order valence-electron chi connectivity index (χ4n) is 2.79. The van der Waals surface area contributed by atoms with Crippen LogP contribution in [0.4, 0.5) is 0 Å². The summed E-state index contributed by atoms with van der Waals surface area (Å²) in [7, 11) is 1.58. The van der Waals surface area contributed by atoms with Crippen LogP contribution < -0.4 is 10.2 Å². The molecule has 0 aliphatic rings. The lowest BCUT2D eigenvalue weighted by Gasteiger charge is -2.16. The van der Waals surface area contributed by atoms with Crippen LogP contribution >= 0.6 is 0 Å². The maximum absolute atomic E-state index is 13.0. The van der Waals surface area contributed by atoms with E-state index < -0.39 is 5.97 Å². The Morgan fingerprint density at radius 1 is 1.12 bits per heavy atom. The molecule has 1 unspecified atom stereocenters. The highest BCUT2D eigenvalue weighted by Gasteiger charge is 2.18. The van der Waals surface area contributed by atoms with E-state index in [1.807, 2.05) is 20.8 Å². The summed E-state index contributed by atoms with van der Waals surface area (Å²) in [5.74, 6) is -0.644. The van der Waals surface area contributed by atoms with Gasteiger partial charge in [-0.15, -0.1) is 0 Å². The molecule has 2 aromatic carbocycles. The summed E-state index contributed by atoms with van der Waals surface area (Å²) in [6, 6.07) is 7.74. The van der Waals surface area contributed by atoms with Crippen LogP contribution in [0, 0.1) is 0 Å². The summed E-state index contributed by atoms with van der Waals surface area (Å²) in [4.78, 5) is 24.2. The molecule has 1 atom stereocenters. The van der Waals surface area contributed by atoms with Gasteiger partial charge in [-0.2, -0.15) is 0 Å². The van der Waals surface area contributed by atoms with E-state index in [0.717, 1.165) is 5.56 Å². The molecule has 6 nitrogen and oxygen atoms in total. The normalized spacial score (nSPS) is 12.7.